The van der Waals surface area contributed by atoms with Crippen LogP contribution in [0, 0.1) is 11.8 Å². The van der Waals surface area contributed by atoms with Crippen molar-refractivity contribution in [2.45, 2.75) is 19.3 Å². The van der Waals surface area contributed by atoms with E-state index in [0.717, 1.165) is 11.7 Å². The molecule has 0 amide bonds. The molecule has 1 aromatic rings. The number of aromatic nitrogens is 1. The van der Waals surface area contributed by atoms with Crippen LogP contribution in [0.2, 0.25) is 0 Å². The minimum Gasteiger partial charge on any atom is -0.357 e. The van der Waals surface area contributed by atoms with Gasteiger partial charge >= 0.3 is 0 Å². The van der Waals surface area contributed by atoms with E-state index in [9.17, 15) is 0 Å². The predicted molar refractivity (Wildman–Crippen MR) is 62.8 cm³/mol. The molecule has 86 valence electrons. The topological polar surface area (TPSA) is 29.3 Å². The number of hydrogen-bond donors (Lipinski definition) is 0. The normalized spacial score (nSPS) is 34.4. The van der Waals surface area contributed by atoms with Gasteiger partial charge in [-0.15, -0.1) is 0 Å². The summed E-state index contributed by atoms with van der Waals surface area (Å²) in [5.74, 6) is 2.51. The van der Waals surface area contributed by atoms with E-state index in [-0.39, 0.29) is 0 Å². The third-order valence-corrected chi connectivity index (χ3v) is 3.83. The largest absolute Gasteiger partial charge is 0.357 e. The fourth-order valence-electron chi connectivity index (χ4n) is 2.92. The molecule has 2 bridgehead atoms. The maximum atomic E-state index is 5.07. The molecule has 16 heavy (non-hydrogen) atoms. The van der Waals surface area contributed by atoms with Crippen LogP contribution in [0.25, 0.3) is 6.08 Å². The molecule has 0 spiro atoms. The van der Waals surface area contributed by atoms with Gasteiger partial charge < -0.3 is 9.42 Å². The summed E-state index contributed by atoms with van der Waals surface area (Å²) in [5, 5.41) is 3.71. The zero-order chi connectivity index (χ0) is 10.8. The maximum absolute atomic E-state index is 5.07. The fraction of sp³-hybridized carbons (Fsp3) is 0.615. The molecule has 3 saturated heterocycles. The summed E-state index contributed by atoms with van der Waals surface area (Å²) in [4.78, 5) is 2.60. The standard InChI is InChI=1S/C13H18N2O/c1(2-13-3-6-14-16-13)12-9-11-4-7-15(10-12)8-5-11/h1-3,6,11-12H,4-5,7-10H2/b2-1+. The molecule has 0 radical (unpaired) electrons. The molecule has 1 aromatic heterocycles. The van der Waals surface area contributed by atoms with Crippen molar-refractivity contribution in [2.75, 3.05) is 19.6 Å². The molecule has 3 heteroatoms. The molecule has 3 fully saturated rings. The second kappa shape index (κ2) is 4.42. The van der Waals surface area contributed by atoms with Gasteiger partial charge in [0.1, 0.15) is 0 Å². The Morgan fingerprint density at radius 2 is 2.25 bits per heavy atom. The van der Waals surface area contributed by atoms with Gasteiger partial charge in [0.15, 0.2) is 5.76 Å². The number of fused-ring (bicyclic) bond motifs is 4. The third kappa shape index (κ3) is 2.19. The van der Waals surface area contributed by atoms with E-state index >= 15 is 0 Å². The Labute approximate surface area is 96.1 Å². The van der Waals surface area contributed by atoms with Gasteiger partial charge in [0.05, 0.1) is 6.20 Å². The van der Waals surface area contributed by atoms with Gasteiger partial charge in [-0.05, 0) is 50.3 Å². The van der Waals surface area contributed by atoms with Gasteiger partial charge in [0, 0.05) is 12.6 Å². The SMILES string of the molecule is C(=C\C1CC2CCN(CC2)C1)/c1ccno1. The predicted octanol–water partition coefficient (Wildman–Crippen LogP) is 2.42. The molecule has 3 aliphatic heterocycles. The highest BCUT2D eigenvalue weighted by Crippen LogP contribution is 2.30. The first kappa shape index (κ1) is 10.1. The van der Waals surface area contributed by atoms with Crippen molar-refractivity contribution in [3.63, 3.8) is 0 Å². The lowest BCUT2D eigenvalue weighted by Crippen LogP contribution is -2.31. The van der Waals surface area contributed by atoms with E-state index in [1.807, 2.05) is 6.07 Å². The van der Waals surface area contributed by atoms with Gasteiger partial charge in [0.2, 0.25) is 0 Å². The lowest BCUT2D eigenvalue weighted by atomic mass is 9.91. The van der Waals surface area contributed by atoms with E-state index < -0.39 is 0 Å². The molecule has 3 nitrogen and oxygen atoms in total. The maximum Gasteiger partial charge on any atom is 0.159 e. The Morgan fingerprint density at radius 1 is 1.38 bits per heavy atom. The van der Waals surface area contributed by atoms with E-state index in [4.69, 9.17) is 4.52 Å². The van der Waals surface area contributed by atoms with E-state index in [0.29, 0.717) is 5.92 Å². The van der Waals surface area contributed by atoms with Crippen molar-refractivity contribution < 1.29 is 4.52 Å². The van der Waals surface area contributed by atoms with Crippen LogP contribution < -0.4 is 0 Å². The van der Waals surface area contributed by atoms with Crippen LogP contribution in [-0.2, 0) is 0 Å². The Hall–Kier alpha value is -1.09. The second-order valence-corrected chi connectivity index (χ2v) is 5.01. The summed E-state index contributed by atoms with van der Waals surface area (Å²) >= 11 is 0. The summed E-state index contributed by atoms with van der Waals surface area (Å²) < 4.78 is 5.07. The van der Waals surface area contributed by atoms with Crippen molar-refractivity contribution in [1.82, 2.24) is 10.1 Å². The third-order valence-electron chi connectivity index (χ3n) is 3.83. The molecular formula is C13H18N2O. The number of nitrogens with zero attached hydrogens (tertiary/aromatic N) is 2. The molecule has 0 saturated carbocycles. The first-order valence-electron chi connectivity index (χ1n) is 6.21. The Kier molecular flexibility index (Phi) is 2.79. The van der Waals surface area contributed by atoms with Crippen LogP contribution in [0.3, 0.4) is 0 Å². The molecule has 1 unspecified atom stereocenters. The van der Waals surface area contributed by atoms with E-state index in [1.54, 1.807) is 6.20 Å². The monoisotopic (exact) mass is 218 g/mol. The molecule has 1 atom stereocenters. The Balaban J connectivity index is 1.67. The number of rotatable bonds is 2. The highest BCUT2D eigenvalue weighted by molar-refractivity contribution is 5.41. The molecular weight excluding hydrogens is 200 g/mol. The van der Waals surface area contributed by atoms with Gasteiger partial charge in [0.25, 0.3) is 0 Å². The fourth-order valence-corrected chi connectivity index (χ4v) is 2.92. The highest BCUT2D eigenvalue weighted by Gasteiger charge is 2.27. The van der Waals surface area contributed by atoms with Gasteiger partial charge in [-0.3, -0.25) is 0 Å². The summed E-state index contributed by atoms with van der Waals surface area (Å²) in [6.07, 6.45) is 10.2. The second-order valence-electron chi connectivity index (χ2n) is 5.01. The Morgan fingerprint density at radius 3 is 3.00 bits per heavy atom. The lowest BCUT2D eigenvalue weighted by Gasteiger charge is -2.26. The average molecular weight is 218 g/mol. The minimum absolute atomic E-state index is 0.695. The van der Waals surface area contributed by atoms with Crippen LogP contribution in [-0.4, -0.2) is 29.7 Å². The summed E-state index contributed by atoms with van der Waals surface area (Å²) in [6.45, 7) is 3.83. The average Bonchev–Trinajstić information content (AvgIpc) is 2.66. The van der Waals surface area contributed by atoms with Crippen LogP contribution in [0.15, 0.2) is 22.9 Å². The van der Waals surface area contributed by atoms with Gasteiger partial charge in [-0.25, -0.2) is 0 Å². The van der Waals surface area contributed by atoms with Gasteiger partial charge in [-0.2, -0.15) is 0 Å². The lowest BCUT2D eigenvalue weighted by molar-refractivity contribution is 0.221. The first-order chi connectivity index (χ1) is 7.90. The summed E-state index contributed by atoms with van der Waals surface area (Å²) in [5.41, 5.74) is 0. The van der Waals surface area contributed by atoms with Crippen LogP contribution in [0.5, 0.6) is 0 Å². The van der Waals surface area contributed by atoms with Crippen molar-refractivity contribution in [3.8, 4) is 0 Å². The number of piperidine rings is 1. The Bertz CT molecular complexity index is 336. The smallest absolute Gasteiger partial charge is 0.159 e. The number of hydrogen-bond acceptors (Lipinski definition) is 3. The zero-order valence-corrected chi connectivity index (χ0v) is 9.51. The van der Waals surface area contributed by atoms with E-state index in [1.165, 1.54) is 38.9 Å². The highest BCUT2D eigenvalue weighted by atomic mass is 16.5. The van der Waals surface area contributed by atoms with Crippen LogP contribution >= 0.6 is 0 Å². The molecule has 0 aliphatic carbocycles. The van der Waals surface area contributed by atoms with Gasteiger partial charge in [-0.1, -0.05) is 11.2 Å². The first-order valence-corrected chi connectivity index (χ1v) is 6.21. The molecule has 4 rings (SSSR count). The van der Waals surface area contributed by atoms with Crippen molar-refractivity contribution in [1.29, 1.82) is 0 Å². The van der Waals surface area contributed by atoms with Crippen LogP contribution in [0.4, 0.5) is 0 Å². The van der Waals surface area contributed by atoms with Crippen molar-refractivity contribution >= 4 is 6.08 Å². The van der Waals surface area contributed by atoms with E-state index in [2.05, 4.69) is 22.2 Å². The zero-order valence-electron chi connectivity index (χ0n) is 9.51. The quantitative estimate of drug-likeness (QED) is 0.763. The molecule has 4 heterocycles. The summed E-state index contributed by atoms with van der Waals surface area (Å²) in [7, 11) is 0. The molecule has 0 N–H and O–H groups in total. The minimum atomic E-state index is 0.695. The van der Waals surface area contributed by atoms with Crippen molar-refractivity contribution in [3.05, 3.63) is 24.1 Å². The molecule has 3 aliphatic rings. The molecule has 0 aromatic carbocycles. The van der Waals surface area contributed by atoms with Crippen molar-refractivity contribution in [2.24, 2.45) is 11.8 Å². The van der Waals surface area contributed by atoms with Crippen LogP contribution in [0.1, 0.15) is 25.0 Å². The summed E-state index contributed by atoms with van der Waals surface area (Å²) in [6, 6.07) is 1.90.